The molecule has 3 N–H and O–H groups in total. The highest BCUT2D eigenvalue weighted by atomic mass is 79.9. The van der Waals surface area contributed by atoms with Crippen molar-refractivity contribution in [1.82, 2.24) is 15.0 Å². The molecule has 4 rings (SSSR count). The van der Waals surface area contributed by atoms with Crippen LogP contribution in [0, 0.1) is 0 Å². The lowest BCUT2D eigenvalue weighted by atomic mass is 10.1. The number of benzene rings is 2. The number of rotatable bonds is 3. The Labute approximate surface area is 157 Å². The Kier molecular flexibility index (Phi) is 4.37. The Hall–Kier alpha value is -3.19. The topological polar surface area (TPSA) is 82.7 Å². The molecule has 2 aromatic carbocycles. The third kappa shape index (κ3) is 3.29. The quantitative estimate of drug-likeness (QED) is 0.445. The molecule has 4 aromatic rings. The van der Waals surface area contributed by atoms with Gasteiger partial charge in [-0.1, -0.05) is 46.3 Å². The summed E-state index contributed by atoms with van der Waals surface area (Å²) in [6.07, 6.45) is 3.28. The van der Waals surface area contributed by atoms with Gasteiger partial charge < -0.3 is 10.3 Å². The maximum absolute atomic E-state index is 12.3. The number of aromatic nitrogens is 3. The maximum Gasteiger partial charge on any atom is 0.324 e. The van der Waals surface area contributed by atoms with Crippen LogP contribution >= 0.6 is 15.9 Å². The van der Waals surface area contributed by atoms with Gasteiger partial charge in [-0.05, 0) is 29.8 Å². The maximum atomic E-state index is 12.3. The summed E-state index contributed by atoms with van der Waals surface area (Å²) in [5.74, 6) is 0.444. The molecule has 0 spiro atoms. The zero-order valence-corrected chi connectivity index (χ0v) is 15.1. The van der Waals surface area contributed by atoms with Crippen molar-refractivity contribution >= 4 is 44.5 Å². The molecule has 0 aliphatic rings. The summed E-state index contributed by atoms with van der Waals surface area (Å²) >= 11 is 3.49. The smallest absolute Gasteiger partial charge is 0.324 e. The van der Waals surface area contributed by atoms with E-state index in [1.165, 1.54) is 6.33 Å². The number of carbonyl (C=O) groups excluding carboxylic acids is 1. The largest absolute Gasteiger partial charge is 0.345 e. The molecular formula is C19H14BrN5O. The molecule has 0 atom stereocenters. The van der Waals surface area contributed by atoms with E-state index in [1.54, 1.807) is 0 Å². The molecule has 6 nitrogen and oxygen atoms in total. The summed E-state index contributed by atoms with van der Waals surface area (Å²) in [5.41, 5.74) is 3.27. The minimum Gasteiger partial charge on any atom is -0.345 e. The summed E-state index contributed by atoms with van der Waals surface area (Å²) in [6, 6.07) is 16.8. The fourth-order valence-electron chi connectivity index (χ4n) is 2.73. The van der Waals surface area contributed by atoms with Crippen LogP contribution < -0.4 is 10.6 Å². The van der Waals surface area contributed by atoms with Crippen LogP contribution in [0.1, 0.15) is 0 Å². The third-order valence-corrected chi connectivity index (χ3v) is 4.36. The van der Waals surface area contributed by atoms with Crippen molar-refractivity contribution in [3.8, 4) is 11.1 Å². The molecule has 2 amide bonds. The van der Waals surface area contributed by atoms with Crippen molar-refractivity contribution in [3.05, 3.63) is 71.6 Å². The first-order valence-corrected chi connectivity index (χ1v) is 8.71. The van der Waals surface area contributed by atoms with Crippen LogP contribution in [0.3, 0.4) is 0 Å². The van der Waals surface area contributed by atoms with Crippen molar-refractivity contribution in [2.45, 2.75) is 0 Å². The number of amides is 2. The number of carbonyl (C=O) groups is 1. The fourth-order valence-corrected chi connectivity index (χ4v) is 3.13. The van der Waals surface area contributed by atoms with Gasteiger partial charge in [0.1, 0.15) is 17.8 Å². The monoisotopic (exact) mass is 407 g/mol. The first kappa shape index (κ1) is 16.3. The minimum absolute atomic E-state index is 0.363. The van der Waals surface area contributed by atoms with Crippen molar-refractivity contribution in [2.75, 3.05) is 10.6 Å². The first-order chi connectivity index (χ1) is 12.7. The first-order valence-electron chi connectivity index (χ1n) is 7.92. The second-order valence-electron chi connectivity index (χ2n) is 5.60. The highest BCUT2D eigenvalue weighted by Gasteiger charge is 2.15. The number of nitrogens with zero attached hydrogens (tertiary/aromatic N) is 2. The molecule has 0 saturated heterocycles. The molecule has 26 heavy (non-hydrogen) atoms. The number of para-hydroxylation sites is 1. The van der Waals surface area contributed by atoms with E-state index in [1.807, 2.05) is 60.8 Å². The van der Waals surface area contributed by atoms with Crippen molar-refractivity contribution in [1.29, 1.82) is 0 Å². The van der Waals surface area contributed by atoms with E-state index in [0.29, 0.717) is 17.2 Å². The van der Waals surface area contributed by atoms with E-state index >= 15 is 0 Å². The number of nitrogens with one attached hydrogen (secondary N) is 3. The molecule has 7 heteroatoms. The number of H-pyrrole nitrogens is 1. The Morgan fingerprint density at radius 2 is 1.85 bits per heavy atom. The molecule has 2 heterocycles. The highest BCUT2D eigenvalue weighted by Crippen LogP contribution is 2.33. The lowest BCUT2D eigenvalue weighted by Gasteiger charge is -2.09. The molecule has 0 fully saturated rings. The summed E-state index contributed by atoms with van der Waals surface area (Å²) in [4.78, 5) is 24.0. The number of fused-ring (bicyclic) bond motifs is 1. The molecule has 128 valence electrons. The van der Waals surface area contributed by atoms with Crippen LogP contribution in [0.2, 0.25) is 0 Å². The summed E-state index contributed by atoms with van der Waals surface area (Å²) < 4.78 is 0.970. The second-order valence-corrected chi connectivity index (χ2v) is 6.52. The van der Waals surface area contributed by atoms with E-state index in [4.69, 9.17) is 0 Å². The van der Waals surface area contributed by atoms with Crippen molar-refractivity contribution < 1.29 is 4.79 Å². The van der Waals surface area contributed by atoms with Gasteiger partial charge in [-0.2, -0.15) is 0 Å². The van der Waals surface area contributed by atoms with E-state index < -0.39 is 0 Å². The lowest BCUT2D eigenvalue weighted by Crippen LogP contribution is -2.20. The van der Waals surface area contributed by atoms with Gasteiger partial charge in [0.15, 0.2) is 0 Å². The van der Waals surface area contributed by atoms with Crippen LogP contribution in [0.5, 0.6) is 0 Å². The molecule has 0 aliphatic heterocycles. The number of aromatic amines is 1. The molecular weight excluding hydrogens is 394 g/mol. The second kappa shape index (κ2) is 6.97. The SMILES string of the molecule is O=C(Nc1ccccc1)Nc1ncnc2[nH]cc(-c3cccc(Br)c3)c12. The third-order valence-electron chi connectivity index (χ3n) is 3.87. The van der Waals surface area contributed by atoms with Gasteiger partial charge in [0.2, 0.25) is 0 Å². The average Bonchev–Trinajstić information content (AvgIpc) is 3.08. The van der Waals surface area contributed by atoms with Crippen LogP contribution in [0.25, 0.3) is 22.2 Å². The summed E-state index contributed by atoms with van der Waals surface area (Å²) in [6.45, 7) is 0. The van der Waals surface area contributed by atoms with Crippen LogP contribution in [0.4, 0.5) is 16.3 Å². The number of urea groups is 1. The predicted octanol–water partition coefficient (Wildman–Crippen LogP) is 5.03. The van der Waals surface area contributed by atoms with Crippen LogP contribution in [-0.4, -0.2) is 21.0 Å². The lowest BCUT2D eigenvalue weighted by molar-refractivity contribution is 0.262. The average molecular weight is 408 g/mol. The Balaban J connectivity index is 1.69. The van der Waals surface area contributed by atoms with E-state index in [9.17, 15) is 4.79 Å². The van der Waals surface area contributed by atoms with E-state index in [2.05, 4.69) is 41.5 Å². The number of hydrogen-bond acceptors (Lipinski definition) is 3. The molecule has 0 saturated carbocycles. The van der Waals surface area contributed by atoms with Gasteiger partial charge in [-0.3, -0.25) is 5.32 Å². The van der Waals surface area contributed by atoms with Gasteiger partial charge in [-0.15, -0.1) is 0 Å². The Morgan fingerprint density at radius 1 is 1.00 bits per heavy atom. The van der Waals surface area contributed by atoms with Gasteiger partial charge in [0, 0.05) is 21.9 Å². The van der Waals surface area contributed by atoms with Gasteiger partial charge >= 0.3 is 6.03 Å². The van der Waals surface area contributed by atoms with E-state index in [0.717, 1.165) is 21.0 Å². The van der Waals surface area contributed by atoms with Crippen molar-refractivity contribution in [3.63, 3.8) is 0 Å². The number of hydrogen-bond donors (Lipinski definition) is 3. The van der Waals surface area contributed by atoms with Crippen LogP contribution in [-0.2, 0) is 0 Å². The van der Waals surface area contributed by atoms with Crippen LogP contribution in [0.15, 0.2) is 71.6 Å². The van der Waals surface area contributed by atoms with Gasteiger partial charge in [0.05, 0.1) is 5.39 Å². The standard InChI is InChI=1S/C19H14BrN5O/c20-13-6-4-5-12(9-13)15-10-21-17-16(15)18(23-11-22-17)25-19(26)24-14-7-2-1-3-8-14/h1-11H,(H3,21,22,23,24,25,26). The molecule has 0 bridgehead atoms. The normalized spacial score (nSPS) is 10.7. The molecule has 0 radical (unpaired) electrons. The van der Waals surface area contributed by atoms with E-state index in [-0.39, 0.29) is 6.03 Å². The minimum atomic E-state index is -0.363. The predicted molar refractivity (Wildman–Crippen MR) is 106 cm³/mol. The molecule has 0 aliphatic carbocycles. The van der Waals surface area contributed by atoms with Crippen molar-refractivity contribution in [2.24, 2.45) is 0 Å². The molecule has 2 aromatic heterocycles. The zero-order chi connectivity index (χ0) is 17.9. The Bertz CT molecular complexity index is 1080. The molecule has 0 unspecified atom stereocenters. The zero-order valence-electron chi connectivity index (χ0n) is 13.5. The fraction of sp³-hybridized carbons (Fsp3) is 0. The highest BCUT2D eigenvalue weighted by molar-refractivity contribution is 9.10. The summed E-state index contributed by atoms with van der Waals surface area (Å²) in [5, 5.41) is 6.36. The van der Waals surface area contributed by atoms with Gasteiger partial charge in [-0.25, -0.2) is 14.8 Å². The number of anilines is 2. The van der Waals surface area contributed by atoms with Gasteiger partial charge in [0.25, 0.3) is 0 Å². The Morgan fingerprint density at radius 3 is 2.65 bits per heavy atom. The summed E-state index contributed by atoms with van der Waals surface area (Å²) in [7, 11) is 0. The number of halogens is 1.